The predicted molar refractivity (Wildman–Crippen MR) is 83.0 cm³/mol. The van der Waals surface area contributed by atoms with Crippen LogP contribution >= 0.6 is 0 Å². The lowest BCUT2D eigenvalue weighted by Crippen LogP contribution is -2.43. The van der Waals surface area contributed by atoms with Gasteiger partial charge in [0.15, 0.2) is 0 Å². The molecule has 0 aromatic carbocycles. The number of methoxy groups -OCH3 is 1. The van der Waals surface area contributed by atoms with Crippen molar-refractivity contribution in [3.63, 3.8) is 0 Å². The maximum absolute atomic E-state index is 12.5. The third-order valence-corrected chi connectivity index (χ3v) is 4.15. The Bertz CT molecular complexity index is 422. The Morgan fingerprint density at radius 2 is 2.33 bits per heavy atom. The van der Waals surface area contributed by atoms with Crippen LogP contribution in [-0.4, -0.2) is 42.1 Å². The highest BCUT2D eigenvalue weighted by atomic mass is 16.5. The van der Waals surface area contributed by atoms with Gasteiger partial charge in [0.25, 0.3) is 0 Å². The van der Waals surface area contributed by atoms with Crippen LogP contribution in [0, 0.1) is 0 Å². The van der Waals surface area contributed by atoms with Crippen LogP contribution in [0.5, 0.6) is 0 Å². The van der Waals surface area contributed by atoms with Crippen molar-refractivity contribution in [1.29, 1.82) is 0 Å². The molecule has 0 saturated carbocycles. The van der Waals surface area contributed by atoms with E-state index in [-0.39, 0.29) is 5.91 Å². The second-order valence-electron chi connectivity index (χ2n) is 5.69. The third kappa shape index (κ3) is 5.12. The maximum Gasteiger partial charge on any atom is 0.223 e. The van der Waals surface area contributed by atoms with Crippen molar-refractivity contribution in [3.8, 4) is 0 Å². The first-order chi connectivity index (χ1) is 10.3. The summed E-state index contributed by atoms with van der Waals surface area (Å²) in [7, 11) is 1.73. The van der Waals surface area contributed by atoms with Gasteiger partial charge < -0.3 is 9.64 Å². The molecule has 0 unspecified atom stereocenters. The first-order valence-electron chi connectivity index (χ1n) is 7.99. The molecule has 2 heterocycles. The van der Waals surface area contributed by atoms with Crippen LogP contribution in [-0.2, 0) is 16.0 Å². The molecule has 21 heavy (non-hydrogen) atoms. The van der Waals surface area contributed by atoms with Crippen LogP contribution in [0.3, 0.4) is 0 Å². The van der Waals surface area contributed by atoms with Crippen molar-refractivity contribution < 1.29 is 9.53 Å². The van der Waals surface area contributed by atoms with E-state index in [1.807, 2.05) is 18.2 Å². The number of ether oxygens (including phenoxy) is 1. The quantitative estimate of drug-likeness (QED) is 0.725. The van der Waals surface area contributed by atoms with Crippen molar-refractivity contribution in [2.24, 2.45) is 0 Å². The van der Waals surface area contributed by atoms with Crippen molar-refractivity contribution in [3.05, 3.63) is 30.1 Å². The maximum atomic E-state index is 12.5. The van der Waals surface area contributed by atoms with Gasteiger partial charge >= 0.3 is 0 Å². The Balaban J connectivity index is 1.83. The van der Waals surface area contributed by atoms with Gasteiger partial charge in [-0.3, -0.25) is 9.78 Å². The SMILES string of the molecule is COCCC[C@H]1CCCCN1C(=O)CCc1ccccn1. The molecule has 0 aliphatic carbocycles. The number of pyridine rings is 1. The van der Waals surface area contributed by atoms with Gasteiger partial charge in [0.2, 0.25) is 5.91 Å². The van der Waals surface area contributed by atoms with E-state index in [0.717, 1.165) is 50.9 Å². The number of piperidine rings is 1. The molecule has 2 rings (SSSR count). The van der Waals surface area contributed by atoms with Crippen molar-refractivity contribution in [1.82, 2.24) is 9.88 Å². The van der Waals surface area contributed by atoms with E-state index in [0.29, 0.717) is 12.5 Å². The van der Waals surface area contributed by atoms with Gasteiger partial charge in [-0.15, -0.1) is 0 Å². The molecule has 116 valence electrons. The number of carbonyl (C=O) groups excluding carboxylic acids is 1. The Morgan fingerprint density at radius 3 is 3.10 bits per heavy atom. The number of amides is 1. The molecule has 0 N–H and O–H groups in total. The zero-order valence-corrected chi connectivity index (χ0v) is 13.0. The minimum Gasteiger partial charge on any atom is -0.385 e. The fourth-order valence-corrected chi connectivity index (χ4v) is 3.02. The number of aromatic nitrogens is 1. The number of hydrogen-bond donors (Lipinski definition) is 0. The lowest BCUT2D eigenvalue weighted by atomic mass is 9.97. The van der Waals surface area contributed by atoms with Gasteiger partial charge in [0.1, 0.15) is 0 Å². The third-order valence-electron chi connectivity index (χ3n) is 4.15. The molecule has 1 aromatic rings. The second-order valence-corrected chi connectivity index (χ2v) is 5.69. The smallest absolute Gasteiger partial charge is 0.223 e. The molecule has 0 spiro atoms. The minimum atomic E-state index is 0.280. The average molecular weight is 290 g/mol. The second kappa shape index (κ2) is 8.78. The Labute approximate surface area is 127 Å². The molecule has 1 saturated heterocycles. The fourth-order valence-electron chi connectivity index (χ4n) is 3.02. The monoisotopic (exact) mass is 290 g/mol. The molecule has 0 bridgehead atoms. The summed E-state index contributed by atoms with van der Waals surface area (Å²) < 4.78 is 5.12. The normalized spacial score (nSPS) is 18.7. The molecule has 0 radical (unpaired) electrons. The van der Waals surface area contributed by atoms with E-state index in [9.17, 15) is 4.79 Å². The Kier molecular flexibility index (Phi) is 6.67. The molecule has 1 aromatic heterocycles. The number of rotatable bonds is 7. The highest BCUT2D eigenvalue weighted by molar-refractivity contribution is 5.76. The topological polar surface area (TPSA) is 42.4 Å². The van der Waals surface area contributed by atoms with Crippen molar-refractivity contribution >= 4 is 5.91 Å². The van der Waals surface area contributed by atoms with Gasteiger partial charge in [-0.25, -0.2) is 0 Å². The van der Waals surface area contributed by atoms with Gasteiger partial charge in [-0.1, -0.05) is 6.07 Å². The predicted octanol–water partition coefficient (Wildman–Crippen LogP) is 2.82. The van der Waals surface area contributed by atoms with Crippen molar-refractivity contribution in [2.75, 3.05) is 20.3 Å². The molecule has 1 fully saturated rings. The summed E-state index contributed by atoms with van der Waals surface area (Å²) in [5.74, 6) is 0.280. The van der Waals surface area contributed by atoms with E-state index in [4.69, 9.17) is 4.74 Å². The van der Waals surface area contributed by atoms with Gasteiger partial charge in [0.05, 0.1) is 0 Å². The molecule has 1 atom stereocenters. The summed E-state index contributed by atoms with van der Waals surface area (Å²) in [6.45, 7) is 1.70. The summed E-state index contributed by atoms with van der Waals surface area (Å²) in [4.78, 5) is 18.9. The minimum absolute atomic E-state index is 0.280. The van der Waals surface area contributed by atoms with Crippen LogP contribution in [0.4, 0.5) is 0 Å². The lowest BCUT2D eigenvalue weighted by molar-refractivity contribution is -0.135. The number of nitrogens with zero attached hydrogens (tertiary/aromatic N) is 2. The summed E-state index contributed by atoms with van der Waals surface area (Å²) in [6.07, 6.45) is 8.69. The molecule has 1 aliphatic rings. The van der Waals surface area contributed by atoms with Crippen LogP contribution in [0.1, 0.15) is 44.2 Å². The summed E-state index contributed by atoms with van der Waals surface area (Å²) in [5.41, 5.74) is 0.999. The fraction of sp³-hybridized carbons (Fsp3) is 0.647. The molecule has 1 aliphatic heterocycles. The number of likely N-dealkylation sites (tertiary alicyclic amines) is 1. The summed E-state index contributed by atoms with van der Waals surface area (Å²) in [5, 5.41) is 0. The van der Waals surface area contributed by atoms with Crippen LogP contribution in [0.25, 0.3) is 0 Å². The van der Waals surface area contributed by atoms with E-state index >= 15 is 0 Å². The summed E-state index contributed by atoms with van der Waals surface area (Å²) >= 11 is 0. The Hall–Kier alpha value is -1.42. The number of aryl methyl sites for hydroxylation is 1. The zero-order chi connectivity index (χ0) is 14.9. The highest BCUT2D eigenvalue weighted by Crippen LogP contribution is 2.22. The largest absolute Gasteiger partial charge is 0.385 e. The molecular weight excluding hydrogens is 264 g/mol. The van der Waals surface area contributed by atoms with Crippen molar-refractivity contribution in [2.45, 2.75) is 51.0 Å². The van der Waals surface area contributed by atoms with Gasteiger partial charge in [-0.2, -0.15) is 0 Å². The molecule has 1 amide bonds. The Morgan fingerprint density at radius 1 is 1.43 bits per heavy atom. The number of carbonyl (C=O) groups is 1. The van der Waals surface area contributed by atoms with Gasteiger partial charge in [0, 0.05) is 44.6 Å². The molecular formula is C17H26N2O2. The zero-order valence-electron chi connectivity index (χ0n) is 13.0. The van der Waals surface area contributed by atoms with Gasteiger partial charge in [-0.05, 0) is 50.7 Å². The standard InChI is InChI=1S/C17H26N2O2/c1-21-14-6-9-16-8-3-5-13-19(16)17(20)11-10-15-7-2-4-12-18-15/h2,4,7,12,16H,3,5-6,8-11,13-14H2,1H3/t16-/m1/s1. The van der Waals surface area contributed by atoms with Crippen LogP contribution in [0.15, 0.2) is 24.4 Å². The highest BCUT2D eigenvalue weighted by Gasteiger charge is 2.25. The van der Waals surface area contributed by atoms with E-state index in [1.165, 1.54) is 6.42 Å². The lowest BCUT2D eigenvalue weighted by Gasteiger charge is -2.36. The molecule has 4 nitrogen and oxygen atoms in total. The average Bonchev–Trinajstić information content (AvgIpc) is 2.54. The van der Waals surface area contributed by atoms with Crippen LogP contribution < -0.4 is 0 Å². The molecule has 4 heteroatoms. The first kappa shape index (κ1) is 16.0. The summed E-state index contributed by atoms with van der Waals surface area (Å²) in [6, 6.07) is 6.27. The first-order valence-corrected chi connectivity index (χ1v) is 7.99. The van der Waals surface area contributed by atoms with E-state index < -0.39 is 0 Å². The van der Waals surface area contributed by atoms with E-state index in [1.54, 1.807) is 13.3 Å². The number of hydrogen-bond acceptors (Lipinski definition) is 3. The van der Waals surface area contributed by atoms with Crippen LogP contribution in [0.2, 0.25) is 0 Å². The van der Waals surface area contributed by atoms with E-state index in [2.05, 4.69) is 9.88 Å².